The quantitative estimate of drug-likeness (QED) is 0.776. The smallest absolute Gasteiger partial charge is 0.0799 e. The number of halogens is 1. The number of hydrogen-bond acceptors (Lipinski definition) is 3. The third kappa shape index (κ3) is 3.06. The van der Waals surface area contributed by atoms with Gasteiger partial charge < -0.3 is 4.74 Å². The molecule has 2 rings (SSSR count). The Labute approximate surface area is 105 Å². The van der Waals surface area contributed by atoms with E-state index in [4.69, 9.17) is 4.74 Å². The molecule has 5 heteroatoms. The average Bonchev–Trinajstić information content (AvgIpc) is 2.72. The fraction of sp³-hybridized carbons (Fsp3) is 0.727. The van der Waals surface area contributed by atoms with Crippen molar-refractivity contribution >= 4 is 15.9 Å². The van der Waals surface area contributed by atoms with Gasteiger partial charge in [-0.15, -0.1) is 0 Å². The molecule has 1 fully saturated rings. The van der Waals surface area contributed by atoms with Gasteiger partial charge in [0.05, 0.1) is 12.7 Å². The van der Waals surface area contributed by atoms with Crippen molar-refractivity contribution in [3.8, 4) is 0 Å². The zero-order valence-corrected chi connectivity index (χ0v) is 11.2. The Balaban J connectivity index is 1.79. The molecule has 1 atom stereocenters. The summed E-state index contributed by atoms with van der Waals surface area (Å²) in [5.41, 5.74) is 1.29. The predicted octanol–water partition coefficient (Wildman–Crippen LogP) is 1.06. The largest absolute Gasteiger partial charge is 0.375 e. The van der Waals surface area contributed by atoms with Crippen molar-refractivity contribution in [3.63, 3.8) is 0 Å². The molecular formula is C11H18BrN3O. The Hall–Kier alpha value is -0.390. The van der Waals surface area contributed by atoms with Crippen molar-refractivity contribution in [1.29, 1.82) is 0 Å². The highest BCUT2D eigenvalue weighted by Crippen LogP contribution is 2.08. The summed E-state index contributed by atoms with van der Waals surface area (Å²) in [5, 5.41) is 5.10. The minimum absolute atomic E-state index is 0.347. The molecule has 0 saturated carbocycles. The summed E-state index contributed by atoms with van der Waals surface area (Å²) in [6, 6.07) is 2.09. The van der Waals surface area contributed by atoms with Gasteiger partial charge in [0.25, 0.3) is 0 Å². The number of aryl methyl sites for hydroxylation is 1. The molecule has 0 amide bonds. The van der Waals surface area contributed by atoms with E-state index in [9.17, 15) is 0 Å². The number of aromatic nitrogens is 2. The van der Waals surface area contributed by atoms with Gasteiger partial charge in [-0.2, -0.15) is 5.10 Å². The predicted molar refractivity (Wildman–Crippen MR) is 66.9 cm³/mol. The first kappa shape index (κ1) is 12.1. The molecule has 4 nitrogen and oxygen atoms in total. The molecular weight excluding hydrogens is 270 g/mol. The van der Waals surface area contributed by atoms with Crippen molar-refractivity contribution in [2.24, 2.45) is 7.05 Å². The topological polar surface area (TPSA) is 30.3 Å². The van der Waals surface area contributed by atoms with Gasteiger partial charge in [0.2, 0.25) is 0 Å². The zero-order valence-electron chi connectivity index (χ0n) is 9.60. The van der Waals surface area contributed by atoms with Gasteiger partial charge in [-0.25, -0.2) is 0 Å². The van der Waals surface area contributed by atoms with Gasteiger partial charge in [-0.1, -0.05) is 15.9 Å². The fourth-order valence-corrected chi connectivity index (χ4v) is 2.39. The Morgan fingerprint density at radius 3 is 3.19 bits per heavy atom. The highest BCUT2D eigenvalue weighted by molar-refractivity contribution is 9.09. The molecule has 16 heavy (non-hydrogen) atoms. The molecule has 0 aliphatic carbocycles. The summed E-state index contributed by atoms with van der Waals surface area (Å²) in [4.78, 5) is 2.46. The van der Waals surface area contributed by atoms with E-state index in [1.54, 1.807) is 0 Å². The van der Waals surface area contributed by atoms with E-state index in [1.165, 1.54) is 5.69 Å². The van der Waals surface area contributed by atoms with Crippen LogP contribution < -0.4 is 0 Å². The molecule has 1 aliphatic rings. The summed E-state index contributed by atoms with van der Waals surface area (Å²) in [6.07, 6.45) is 3.27. The number of ether oxygens (including phenoxy) is 1. The SMILES string of the molecule is Cn1nccc1CCN1CCOC(CBr)C1. The van der Waals surface area contributed by atoms with Crippen molar-refractivity contribution < 1.29 is 4.74 Å². The van der Waals surface area contributed by atoms with Crippen LogP contribution in [0.25, 0.3) is 0 Å². The highest BCUT2D eigenvalue weighted by atomic mass is 79.9. The standard InChI is InChI=1S/C11H18BrN3O/c1-14-10(2-4-13-14)3-5-15-6-7-16-11(8-12)9-15/h2,4,11H,3,5-9H2,1H3. The van der Waals surface area contributed by atoms with Crippen molar-refractivity contribution in [2.45, 2.75) is 12.5 Å². The monoisotopic (exact) mass is 287 g/mol. The zero-order chi connectivity index (χ0) is 11.4. The van der Waals surface area contributed by atoms with Crippen molar-refractivity contribution in [2.75, 3.05) is 31.6 Å². The number of nitrogens with zero attached hydrogens (tertiary/aromatic N) is 3. The van der Waals surface area contributed by atoms with Gasteiger partial charge in [0, 0.05) is 50.3 Å². The first-order valence-electron chi connectivity index (χ1n) is 5.66. The third-order valence-corrected chi connectivity index (χ3v) is 3.72. The second-order valence-electron chi connectivity index (χ2n) is 4.14. The fourth-order valence-electron chi connectivity index (χ4n) is 2.00. The molecule has 90 valence electrons. The molecule has 0 N–H and O–H groups in total. The first-order valence-corrected chi connectivity index (χ1v) is 6.78. The van der Waals surface area contributed by atoms with E-state index in [1.807, 2.05) is 17.9 Å². The van der Waals surface area contributed by atoms with E-state index in [0.717, 1.165) is 38.0 Å². The maximum Gasteiger partial charge on any atom is 0.0799 e. The Morgan fingerprint density at radius 1 is 1.62 bits per heavy atom. The van der Waals surface area contributed by atoms with Gasteiger partial charge in [-0.05, 0) is 6.07 Å². The minimum atomic E-state index is 0.347. The number of morpholine rings is 1. The van der Waals surface area contributed by atoms with E-state index in [0.29, 0.717) is 6.10 Å². The van der Waals surface area contributed by atoms with Crippen molar-refractivity contribution in [3.05, 3.63) is 18.0 Å². The van der Waals surface area contributed by atoms with Gasteiger partial charge in [0.1, 0.15) is 0 Å². The van der Waals surface area contributed by atoms with Crippen LogP contribution >= 0.6 is 15.9 Å². The second-order valence-corrected chi connectivity index (χ2v) is 4.79. The lowest BCUT2D eigenvalue weighted by Crippen LogP contribution is -2.44. The summed E-state index contributed by atoms with van der Waals surface area (Å²) in [5.74, 6) is 0. The number of hydrogen-bond donors (Lipinski definition) is 0. The molecule has 0 bridgehead atoms. The molecule has 0 radical (unpaired) electrons. The van der Waals surface area contributed by atoms with Crippen molar-refractivity contribution in [1.82, 2.24) is 14.7 Å². The Bertz CT molecular complexity index is 329. The lowest BCUT2D eigenvalue weighted by atomic mass is 10.2. The summed E-state index contributed by atoms with van der Waals surface area (Å²) in [7, 11) is 2.00. The van der Waals surface area contributed by atoms with E-state index < -0.39 is 0 Å². The van der Waals surface area contributed by atoms with Gasteiger partial charge >= 0.3 is 0 Å². The van der Waals surface area contributed by atoms with Crippen LogP contribution in [0.4, 0.5) is 0 Å². The Morgan fingerprint density at radius 2 is 2.50 bits per heavy atom. The normalized spacial score (nSPS) is 22.5. The molecule has 0 spiro atoms. The van der Waals surface area contributed by atoms with Crippen LogP contribution in [0, 0.1) is 0 Å². The molecule has 1 saturated heterocycles. The van der Waals surface area contributed by atoms with Crippen LogP contribution in [-0.2, 0) is 18.2 Å². The lowest BCUT2D eigenvalue weighted by Gasteiger charge is -2.31. The summed E-state index contributed by atoms with van der Waals surface area (Å²) >= 11 is 3.47. The molecule has 2 heterocycles. The van der Waals surface area contributed by atoms with Crippen LogP contribution in [-0.4, -0.2) is 52.4 Å². The molecule has 1 aromatic rings. The van der Waals surface area contributed by atoms with Crippen LogP contribution in [0.2, 0.25) is 0 Å². The van der Waals surface area contributed by atoms with Crippen LogP contribution in [0.1, 0.15) is 5.69 Å². The minimum Gasteiger partial charge on any atom is -0.375 e. The number of rotatable bonds is 4. The molecule has 1 aliphatic heterocycles. The molecule has 1 aromatic heterocycles. The second kappa shape index (κ2) is 5.80. The van der Waals surface area contributed by atoms with Gasteiger partial charge in [0.15, 0.2) is 0 Å². The van der Waals surface area contributed by atoms with Crippen LogP contribution in [0.15, 0.2) is 12.3 Å². The van der Waals surface area contributed by atoms with E-state index >= 15 is 0 Å². The average molecular weight is 288 g/mol. The highest BCUT2D eigenvalue weighted by Gasteiger charge is 2.19. The Kier molecular flexibility index (Phi) is 4.37. The van der Waals surface area contributed by atoms with E-state index in [-0.39, 0.29) is 0 Å². The number of alkyl halides is 1. The third-order valence-electron chi connectivity index (χ3n) is 3.00. The molecule has 1 unspecified atom stereocenters. The maximum absolute atomic E-state index is 5.61. The van der Waals surface area contributed by atoms with Gasteiger partial charge in [-0.3, -0.25) is 9.58 Å². The summed E-state index contributed by atoms with van der Waals surface area (Å²) in [6.45, 7) is 4.01. The van der Waals surface area contributed by atoms with Crippen LogP contribution in [0.3, 0.4) is 0 Å². The first-order chi connectivity index (χ1) is 7.79. The maximum atomic E-state index is 5.61. The van der Waals surface area contributed by atoms with E-state index in [2.05, 4.69) is 32.0 Å². The summed E-state index contributed by atoms with van der Waals surface area (Å²) < 4.78 is 7.56. The van der Waals surface area contributed by atoms with Crippen LogP contribution in [0.5, 0.6) is 0 Å². The molecule has 0 aromatic carbocycles. The lowest BCUT2D eigenvalue weighted by molar-refractivity contribution is -0.0147.